The molecule has 0 aromatic carbocycles. The first-order valence-corrected chi connectivity index (χ1v) is 6.18. The van der Waals surface area contributed by atoms with E-state index in [0.717, 1.165) is 16.8 Å². The van der Waals surface area contributed by atoms with Gasteiger partial charge in [-0.05, 0) is 31.9 Å². The van der Waals surface area contributed by atoms with E-state index in [0.29, 0.717) is 16.3 Å². The Morgan fingerprint density at radius 1 is 1.41 bits per heavy atom. The number of hydrogen-bond donors (Lipinski definition) is 1. The van der Waals surface area contributed by atoms with Gasteiger partial charge in [0.05, 0.1) is 12.0 Å². The van der Waals surface area contributed by atoms with Gasteiger partial charge in [-0.2, -0.15) is 5.26 Å². The summed E-state index contributed by atoms with van der Waals surface area (Å²) in [5.74, 6) is -0.407. The first-order valence-electron chi connectivity index (χ1n) is 5.19. The summed E-state index contributed by atoms with van der Waals surface area (Å²) in [6.07, 6.45) is 0.0726. The Labute approximate surface area is 105 Å². The van der Waals surface area contributed by atoms with E-state index in [9.17, 15) is 4.79 Å². The molecule has 0 spiro atoms. The number of nitriles is 1. The van der Waals surface area contributed by atoms with Crippen molar-refractivity contribution in [3.8, 4) is 6.07 Å². The number of carbonyl (C=O) groups is 1. The molecule has 0 fully saturated rings. The molecule has 0 bridgehead atoms. The van der Waals surface area contributed by atoms with Gasteiger partial charge in [0.25, 0.3) is 0 Å². The monoisotopic (exact) mass is 250 g/mol. The van der Waals surface area contributed by atoms with Crippen LogP contribution in [0.1, 0.15) is 28.8 Å². The molecule has 1 aromatic rings. The summed E-state index contributed by atoms with van der Waals surface area (Å²) in [5.41, 5.74) is 3.39. The van der Waals surface area contributed by atoms with E-state index in [1.165, 1.54) is 11.8 Å². The van der Waals surface area contributed by atoms with E-state index < -0.39 is 5.97 Å². The lowest BCUT2D eigenvalue weighted by atomic mass is 10.1. The SMILES string of the molecule is Cc1nc(SCCC(=O)O)c(C#N)c(C)c1C. The maximum atomic E-state index is 10.4. The largest absolute Gasteiger partial charge is 0.481 e. The number of aliphatic carboxylic acids is 1. The van der Waals surface area contributed by atoms with Gasteiger partial charge in [0.2, 0.25) is 0 Å². The van der Waals surface area contributed by atoms with E-state index in [1.807, 2.05) is 20.8 Å². The molecule has 4 nitrogen and oxygen atoms in total. The smallest absolute Gasteiger partial charge is 0.304 e. The van der Waals surface area contributed by atoms with Gasteiger partial charge in [-0.1, -0.05) is 0 Å². The van der Waals surface area contributed by atoms with Gasteiger partial charge in [-0.25, -0.2) is 4.98 Å². The predicted molar refractivity (Wildman–Crippen MR) is 66.1 cm³/mol. The average molecular weight is 250 g/mol. The molecule has 1 heterocycles. The van der Waals surface area contributed by atoms with Gasteiger partial charge in [-0.15, -0.1) is 11.8 Å². The molecule has 0 aliphatic rings. The Morgan fingerprint density at radius 2 is 2.06 bits per heavy atom. The van der Waals surface area contributed by atoms with Crippen LogP contribution in [-0.4, -0.2) is 21.8 Å². The quantitative estimate of drug-likeness (QED) is 0.831. The van der Waals surface area contributed by atoms with Crippen LogP contribution in [0.3, 0.4) is 0 Å². The van der Waals surface area contributed by atoms with Crippen molar-refractivity contribution < 1.29 is 9.90 Å². The van der Waals surface area contributed by atoms with E-state index in [1.54, 1.807) is 0 Å². The van der Waals surface area contributed by atoms with Crippen molar-refractivity contribution in [2.45, 2.75) is 32.2 Å². The molecule has 90 valence electrons. The third-order valence-electron chi connectivity index (χ3n) is 2.63. The van der Waals surface area contributed by atoms with Crippen LogP contribution >= 0.6 is 11.8 Å². The fraction of sp³-hybridized carbons (Fsp3) is 0.417. The van der Waals surface area contributed by atoms with Crippen molar-refractivity contribution in [1.29, 1.82) is 5.26 Å². The molecule has 1 N–H and O–H groups in total. The van der Waals surface area contributed by atoms with Crippen molar-refractivity contribution in [3.05, 3.63) is 22.4 Å². The highest BCUT2D eigenvalue weighted by molar-refractivity contribution is 7.99. The maximum absolute atomic E-state index is 10.4. The Morgan fingerprint density at radius 3 is 2.59 bits per heavy atom. The third-order valence-corrected chi connectivity index (χ3v) is 3.61. The highest BCUT2D eigenvalue weighted by atomic mass is 32.2. The first-order chi connectivity index (χ1) is 7.97. The minimum Gasteiger partial charge on any atom is -0.481 e. The Balaban J connectivity index is 3.00. The molecule has 0 aliphatic carbocycles. The van der Waals surface area contributed by atoms with Crippen molar-refractivity contribution in [1.82, 2.24) is 4.98 Å². The zero-order valence-electron chi connectivity index (χ0n) is 10.1. The summed E-state index contributed by atoms with van der Waals surface area (Å²) in [6.45, 7) is 5.72. The Kier molecular flexibility index (Phi) is 4.53. The van der Waals surface area contributed by atoms with Gasteiger partial charge in [0.1, 0.15) is 11.1 Å². The summed E-state index contributed by atoms with van der Waals surface area (Å²) in [4.78, 5) is 14.8. The summed E-state index contributed by atoms with van der Waals surface area (Å²) in [7, 11) is 0. The van der Waals surface area contributed by atoms with Gasteiger partial charge in [0, 0.05) is 11.4 Å². The molecule has 0 radical (unpaired) electrons. The lowest BCUT2D eigenvalue weighted by molar-refractivity contribution is -0.136. The second-order valence-corrected chi connectivity index (χ2v) is 4.81. The predicted octanol–water partition coefficient (Wildman–Crippen LogP) is 2.45. The second kappa shape index (κ2) is 5.69. The number of carboxylic acids is 1. The van der Waals surface area contributed by atoms with Crippen LogP contribution in [0, 0.1) is 32.1 Å². The maximum Gasteiger partial charge on any atom is 0.304 e. The molecular weight excluding hydrogens is 236 g/mol. The van der Waals surface area contributed by atoms with E-state index in [-0.39, 0.29) is 6.42 Å². The standard InChI is InChI=1S/C12H14N2O2S/c1-7-8(2)10(6-13)12(14-9(7)3)17-5-4-11(15)16/h4-5H2,1-3H3,(H,15,16). The van der Waals surface area contributed by atoms with Gasteiger partial charge >= 0.3 is 5.97 Å². The van der Waals surface area contributed by atoms with Crippen LogP contribution in [0.15, 0.2) is 5.03 Å². The summed E-state index contributed by atoms with van der Waals surface area (Å²) in [5, 5.41) is 18.3. The summed E-state index contributed by atoms with van der Waals surface area (Å²) >= 11 is 1.32. The number of pyridine rings is 1. The molecular formula is C12H14N2O2S. The number of hydrogen-bond acceptors (Lipinski definition) is 4. The average Bonchev–Trinajstić information content (AvgIpc) is 2.26. The first kappa shape index (κ1) is 13.5. The minimum absolute atomic E-state index is 0.0726. The van der Waals surface area contributed by atoms with Crippen LogP contribution in [0.25, 0.3) is 0 Å². The van der Waals surface area contributed by atoms with Crippen LogP contribution in [0.2, 0.25) is 0 Å². The molecule has 0 saturated carbocycles. The Hall–Kier alpha value is -1.54. The molecule has 17 heavy (non-hydrogen) atoms. The zero-order valence-corrected chi connectivity index (χ0v) is 10.9. The fourth-order valence-electron chi connectivity index (χ4n) is 1.38. The number of aromatic nitrogens is 1. The zero-order chi connectivity index (χ0) is 13.0. The highest BCUT2D eigenvalue weighted by Crippen LogP contribution is 2.26. The normalized spacial score (nSPS) is 10.0. The number of nitrogens with zero attached hydrogens (tertiary/aromatic N) is 2. The lowest BCUT2D eigenvalue weighted by Crippen LogP contribution is -2.01. The van der Waals surface area contributed by atoms with Gasteiger partial charge < -0.3 is 5.11 Å². The number of carboxylic acid groups (broad SMARTS) is 1. The fourth-order valence-corrected chi connectivity index (χ4v) is 2.40. The van der Waals surface area contributed by atoms with E-state index >= 15 is 0 Å². The van der Waals surface area contributed by atoms with Crippen molar-refractivity contribution in [3.63, 3.8) is 0 Å². The number of rotatable bonds is 4. The third kappa shape index (κ3) is 3.21. The molecule has 0 atom stereocenters. The number of thioether (sulfide) groups is 1. The lowest BCUT2D eigenvalue weighted by Gasteiger charge is -2.10. The van der Waals surface area contributed by atoms with Gasteiger partial charge in [-0.3, -0.25) is 4.79 Å². The second-order valence-electron chi connectivity index (χ2n) is 3.73. The minimum atomic E-state index is -0.837. The molecule has 0 unspecified atom stereocenters. The van der Waals surface area contributed by atoms with Gasteiger partial charge in [0.15, 0.2) is 0 Å². The number of aryl methyl sites for hydroxylation is 1. The van der Waals surface area contributed by atoms with Crippen LogP contribution in [0.5, 0.6) is 0 Å². The summed E-state index contributed by atoms with van der Waals surface area (Å²) in [6, 6.07) is 2.14. The van der Waals surface area contributed by atoms with E-state index in [2.05, 4.69) is 11.1 Å². The van der Waals surface area contributed by atoms with E-state index in [4.69, 9.17) is 10.4 Å². The van der Waals surface area contributed by atoms with Crippen molar-refractivity contribution in [2.24, 2.45) is 0 Å². The van der Waals surface area contributed by atoms with Crippen LogP contribution < -0.4 is 0 Å². The van der Waals surface area contributed by atoms with Crippen LogP contribution in [0.4, 0.5) is 0 Å². The molecule has 1 aromatic heterocycles. The van der Waals surface area contributed by atoms with Crippen molar-refractivity contribution in [2.75, 3.05) is 5.75 Å². The Bertz CT molecular complexity index is 492. The van der Waals surface area contributed by atoms with Crippen molar-refractivity contribution >= 4 is 17.7 Å². The summed E-state index contributed by atoms with van der Waals surface area (Å²) < 4.78 is 0. The van der Waals surface area contributed by atoms with Crippen LogP contribution in [-0.2, 0) is 4.79 Å². The molecule has 1 rings (SSSR count). The topological polar surface area (TPSA) is 74.0 Å². The highest BCUT2D eigenvalue weighted by Gasteiger charge is 2.12. The molecule has 5 heteroatoms. The molecule has 0 saturated heterocycles. The molecule has 0 aliphatic heterocycles. The molecule has 0 amide bonds.